The Morgan fingerprint density at radius 2 is 1.36 bits per heavy atom. The van der Waals surface area contributed by atoms with Crippen LogP contribution < -0.4 is 10.4 Å². The van der Waals surface area contributed by atoms with Crippen molar-refractivity contribution in [3.05, 3.63) is 96.3 Å². The Kier molecular flexibility index (Phi) is 7.55. The van der Waals surface area contributed by atoms with E-state index >= 15 is 0 Å². The van der Waals surface area contributed by atoms with Gasteiger partial charge in [0, 0.05) is 20.2 Å². The van der Waals surface area contributed by atoms with Crippen molar-refractivity contribution in [2.24, 2.45) is 0 Å². The fourth-order valence-corrected chi connectivity index (χ4v) is 9.79. The highest BCUT2D eigenvalue weighted by Crippen LogP contribution is 2.36. The third-order valence-electron chi connectivity index (χ3n) is 5.82. The zero-order chi connectivity index (χ0) is 24.1. The number of sulfonamides is 1. The molecule has 0 aromatic heterocycles. The summed E-state index contributed by atoms with van der Waals surface area (Å²) in [5.74, 6) is 0. The minimum Gasteiger partial charge on any atom is -0.406 e. The van der Waals surface area contributed by atoms with Gasteiger partial charge in [0.05, 0.1) is 11.5 Å². The van der Waals surface area contributed by atoms with Gasteiger partial charge >= 0.3 is 0 Å². The summed E-state index contributed by atoms with van der Waals surface area (Å²) in [6.45, 7) is 14.1. The number of nitrogens with zero attached hydrogens (tertiary/aromatic N) is 2. The average Bonchev–Trinajstić information content (AvgIpc) is 2.82. The Labute approximate surface area is 198 Å². The van der Waals surface area contributed by atoms with Crippen LogP contribution in [0, 0.1) is 6.57 Å². The first-order valence-electron chi connectivity index (χ1n) is 10.8. The van der Waals surface area contributed by atoms with Crippen LogP contribution in [0.1, 0.15) is 20.8 Å². The molecule has 0 fully saturated rings. The highest BCUT2D eigenvalue weighted by Gasteiger charge is 2.50. The molecule has 3 aromatic rings. The van der Waals surface area contributed by atoms with Gasteiger partial charge in [-0.2, -0.15) is 4.31 Å². The summed E-state index contributed by atoms with van der Waals surface area (Å²) in [5.41, 5.74) is 0.409. The van der Waals surface area contributed by atoms with Crippen LogP contribution in [0.3, 0.4) is 0 Å². The first kappa shape index (κ1) is 24.9. The molecule has 0 spiro atoms. The van der Waals surface area contributed by atoms with Gasteiger partial charge in [-0.1, -0.05) is 106 Å². The second-order valence-corrected chi connectivity index (χ2v) is 15.3. The second kappa shape index (κ2) is 10.0. The average molecular weight is 479 g/mol. The van der Waals surface area contributed by atoms with Crippen LogP contribution in [0.25, 0.3) is 4.85 Å². The van der Waals surface area contributed by atoms with E-state index in [2.05, 4.69) is 49.9 Å². The monoisotopic (exact) mass is 478 g/mol. The molecule has 0 atom stereocenters. The predicted octanol–water partition coefficient (Wildman–Crippen LogP) is 4.43. The number of benzene rings is 3. The molecule has 0 heterocycles. The molecular weight excluding hydrogens is 448 g/mol. The van der Waals surface area contributed by atoms with Gasteiger partial charge in [0.25, 0.3) is 8.32 Å². The lowest BCUT2D eigenvalue weighted by atomic mass is 10.2. The quantitative estimate of drug-likeness (QED) is 0.355. The Morgan fingerprint density at radius 1 is 0.879 bits per heavy atom. The largest absolute Gasteiger partial charge is 0.406 e. The minimum atomic E-state index is -3.68. The van der Waals surface area contributed by atoms with Crippen LogP contribution in [-0.4, -0.2) is 41.2 Å². The summed E-state index contributed by atoms with van der Waals surface area (Å²) in [4.78, 5) is 3.49. The molecule has 0 bridgehead atoms. The maximum Gasteiger partial charge on any atom is 0.261 e. The highest BCUT2D eigenvalue weighted by atomic mass is 32.2. The lowest BCUT2D eigenvalue weighted by Gasteiger charge is -2.43. The summed E-state index contributed by atoms with van der Waals surface area (Å²) < 4.78 is 34.2. The molecule has 5 nitrogen and oxygen atoms in total. The second-order valence-electron chi connectivity index (χ2n) is 8.94. The fraction of sp³-hybridized carbons (Fsp3) is 0.269. The van der Waals surface area contributed by atoms with E-state index in [1.54, 1.807) is 7.05 Å². The SMILES string of the molecule is [C-]#[N+]c1ccc(S(=O)(=O)N(C)CCO[Si](c2ccccc2)(c2ccccc2)C(C)(C)C)cc1. The zero-order valence-electron chi connectivity index (χ0n) is 19.5. The van der Waals surface area contributed by atoms with Gasteiger partial charge in [-0.05, 0) is 15.4 Å². The number of hydrogen-bond acceptors (Lipinski definition) is 3. The van der Waals surface area contributed by atoms with E-state index in [0.29, 0.717) is 5.69 Å². The third kappa shape index (κ3) is 5.10. The van der Waals surface area contributed by atoms with Crippen LogP contribution in [0.4, 0.5) is 5.69 Å². The van der Waals surface area contributed by atoms with Crippen molar-refractivity contribution in [3.8, 4) is 0 Å². The molecule has 0 N–H and O–H groups in total. The molecule has 33 heavy (non-hydrogen) atoms. The lowest BCUT2D eigenvalue weighted by Crippen LogP contribution is -2.67. The minimum absolute atomic E-state index is 0.169. The van der Waals surface area contributed by atoms with Crippen molar-refractivity contribution in [2.75, 3.05) is 20.2 Å². The van der Waals surface area contributed by atoms with E-state index in [0.717, 1.165) is 10.4 Å². The van der Waals surface area contributed by atoms with Gasteiger partial charge in [0.1, 0.15) is 0 Å². The van der Waals surface area contributed by atoms with Crippen molar-refractivity contribution < 1.29 is 12.8 Å². The van der Waals surface area contributed by atoms with Crippen LogP contribution in [-0.2, 0) is 14.4 Å². The molecule has 0 unspecified atom stereocenters. The van der Waals surface area contributed by atoms with Crippen molar-refractivity contribution in [1.82, 2.24) is 4.31 Å². The van der Waals surface area contributed by atoms with Gasteiger partial charge < -0.3 is 4.43 Å². The summed E-state index contributed by atoms with van der Waals surface area (Å²) in [5, 5.41) is 2.14. The molecule has 3 rings (SSSR count). The van der Waals surface area contributed by atoms with Crippen LogP contribution in [0.15, 0.2) is 89.8 Å². The van der Waals surface area contributed by atoms with Crippen LogP contribution >= 0.6 is 0 Å². The molecule has 172 valence electrons. The predicted molar refractivity (Wildman–Crippen MR) is 136 cm³/mol. The zero-order valence-corrected chi connectivity index (χ0v) is 21.3. The fourth-order valence-electron chi connectivity index (χ4n) is 4.08. The van der Waals surface area contributed by atoms with Crippen molar-refractivity contribution in [3.63, 3.8) is 0 Å². The maximum absolute atomic E-state index is 13.0. The molecule has 3 aromatic carbocycles. The van der Waals surface area contributed by atoms with Crippen molar-refractivity contribution >= 4 is 34.4 Å². The Morgan fingerprint density at radius 3 is 1.79 bits per heavy atom. The standard InChI is InChI=1S/C26H30N2O3SSi/c1-26(2,3)33(24-12-8-6-9-13-24,25-14-10-7-11-15-25)31-21-20-28(5)32(29,30)23-18-16-22(27-4)17-19-23/h6-19H,20-21H2,1-3,5H3. The van der Waals surface area contributed by atoms with Gasteiger partial charge in [-0.15, -0.1) is 0 Å². The molecule has 0 aliphatic rings. The smallest absolute Gasteiger partial charge is 0.261 e. The highest BCUT2D eigenvalue weighted by molar-refractivity contribution is 7.89. The number of likely N-dealkylation sites (N-methyl/N-ethyl adjacent to an activating group) is 1. The maximum atomic E-state index is 13.0. The van der Waals surface area contributed by atoms with Crippen molar-refractivity contribution in [1.29, 1.82) is 0 Å². The van der Waals surface area contributed by atoms with Gasteiger partial charge in [0.2, 0.25) is 10.0 Å². The topological polar surface area (TPSA) is 51.0 Å². The Bertz CT molecular complexity index is 1160. The summed E-state index contributed by atoms with van der Waals surface area (Å²) in [6.07, 6.45) is 0. The number of rotatable bonds is 8. The molecule has 0 aliphatic heterocycles. The molecule has 0 saturated carbocycles. The third-order valence-corrected chi connectivity index (χ3v) is 12.7. The normalized spacial score (nSPS) is 12.5. The summed E-state index contributed by atoms with van der Waals surface area (Å²) in [7, 11) is -4.84. The molecule has 0 amide bonds. The first-order valence-corrected chi connectivity index (χ1v) is 14.2. The van der Waals surface area contributed by atoms with E-state index in [4.69, 9.17) is 11.0 Å². The van der Waals surface area contributed by atoms with E-state index < -0.39 is 18.3 Å². The Hall–Kier alpha value is -2.76. The van der Waals surface area contributed by atoms with Gasteiger partial charge in [-0.3, -0.25) is 0 Å². The lowest BCUT2D eigenvalue weighted by molar-refractivity contribution is 0.271. The van der Waals surface area contributed by atoms with Gasteiger partial charge in [-0.25, -0.2) is 13.3 Å². The molecular formula is C26H30N2O3SSi. The Balaban J connectivity index is 1.89. The van der Waals surface area contributed by atoms with Gasteiger partial charge in [0.15, 0.2) is 5.69 Å². The molecule has 7 heteroatoms. The summed E-state index contributed by atoms with van der Waals surface area (Å²) in [6, 6.07) is 26.5. The van der Waals surface area contributed by atoms with E-state index in [1.165, 1.54) is 28.6 Å². The van der Waals surface area contributed by atoms with E-state index in [9.17, 15) is 8.42 Å². The molecule has 0 aliphatic carbocycles. The van der Waals surface area contributed by atoms with E-state index in [-0.39, 0.29) is 23.1 Å². The first-order chi connectivity index (χ1) is 15.6. The van der Waals surface area contributed by atoms with E-state index in [1.807, 2.05) is 36.4 Å². The summed E-state index contributed by atoms with van der Waals surface area (Å²) >= 11 is 0. The number of hydrogen-bond donors (Lipinski definition) is 0. The molecule has 0 radical (unpaired) electrons. The van der Waals surface area contributed by atoms with Crippen molar-refractivity contribution in [2.45, 2.75) is 30.7 Å². The molecule has 0 saturated heterocycles. The van der Waals surface area contributed by atoms with Crippen LogP contribution in [0.5, 0.6) is 0 Å². The van der Waals surface area contributed by atoms with Crippen LogP contribution in [0.2, 0.25) is 5.04 Å².